The molecule has 1 fully saturated rings. The van der Waals surface area contributed by atoms with Gasteiger partial charge in [0.05, 0.1) is 0 Å². The number of aryl methyl sites for hydroxylation is 1. The maximum absolute atomic E-state index is 12.6. The number of benzene rings is 1. The number of anilines is 1. The number of amides is 2. The maximum Gasteiger partial charge on any atom is 0.236 e. The van der Waals surface area contributed by atoms with E-state index in [4.69, 9.17) is 0 Å². The highest BCUT2D eigenvalue weighted by atomic mass is 16.2. The fraction of sp³-hybridized carbons (Fsp3) is 0.556. The van der Waals surface area contributed by atoms with Crippen molar-refractivity contribution in [3.05, 3.63) is 29.8 Å². The summed E-state index contributed by atoms with van der Waals surface area (Å²) in [7, 11) is 0. The van der Waals surface area contributed by atoms with E-state index in [9.17, 15) is 9.59 Å². The number of nitrogens with zero attached hydrogens (tertiary/aromatic N) is 2. The highest BCUT2D eigenvalue weighted by Crippen LogP contribution is 2.27. The van der Waals surface area contributed by atoms with E-state index in [0.29, 0.717) is 5.92 Å². The smallest absolute Gasteiger partial charge is 0.236 e. The molecule has 2 heterocycles. The predicted molar refractivity (Wildman–Crippen MR) is 86.7 cm³/mol. The Kier molecular flexibility index (Phi) is 4.46. The van der Waals surface area contributed by atoms with E-state index >= 15 is 0 Å². The standard InChI is InChI=1S/C18H24N2O2/c1-14-6-4-10-19(13-14)17(21)12-18(22)20-11-5-8-15-7-2-3-9-16(15)20/h2-3,7,9,14H,4-6,8,10-13H2,1H3. The molecule has 3 rings (SSSR count). The molecular weight excluding hydrogens is 276 g/mol. The number of para-hydroxylation sites is 1. The fourth-order valence-corrected chi connectivity index (χ4v) is 3.55. The molecule has 4 heteroatoms. The summed E-state index contributed by atoms with van der Waals surface area (Å²) in [6.45, 7) is 4.48. The lowest BCUT2D eigenvalue weighted by Crippen LogP contribution is -2.43. The maximum atomic E-state index is 12.6. The lowest BCUT2D eigenvalue weighted by molar-refractivity contribution is -0.136. The number of fused-ring (bicyclic) bond motifs is 1. The minimum Gasteiger partial charge on any atom is -0.342 e. The molecular formula is C18H24N2O2. The van der Waals surface area contributed by atoms with Crippen LogP contribution in [0, 0.1) is 5.92 Å². The zero-order chi connectivity index (χ0) is 15.5. The van der Waals surface area contributed by atoms with Gasteiger partial charge in [0.25, 0.3) is 0 Å². The zero-order valence-electron chi connectivity index (χ0n) is 13.3. The van der Waals surface area contributed by atoms with Gasteiger partial charge < -0.3 is 9.80 Å². The molecule has 4 nitrogen and oxygen atoms in total. The largest absolute Gasteiger partial charge is 0.342 e. The monoisotopic (exact) mass is 300 g/mol. The second-order valence-electron chi connectivity index (χ2n) is 6.54. The van der Waals surface area contributed by atoms with Crippen molar-refractivity contribution in [1.29, 1.82) is 0 Å². The molecule has 1 aromatic carbocycles. The van der Waals surface area contributed by atoms with Crippen LogP contribution in [0.1, 0.15) is 38.2 Å². The molecule has 0 radical (unpaired) electrons. The number of likely N-dealkylation sites (tertiary alicyclic amines) is 1. The predicted octanol–water partition coefficient (Wildman–Crippen LogP) is 2.61. The van der Waals surface area contributed by atoms with Crippen LogP contribution in [0.2, 0.25) is 0 Å². The van der Waals surface area contributed by atoms with Crippen LogP contribution in [0.25, 0.3) is 0 Å². The first-order chi connectivity index (χ1) is 10.6. The van der Waals surface area contributed by atoms with E-state index in [1.54, 1.807) is 4.90 Å². The summed E-state index contributed by atoms with van der Waals surface area (Å²) in [5, 5.41) is 0. The van der Waals surface area contributed by atoms with Gasteiger partial charge in [-0.05, 0) is 43.2 Å². The lowest BCUT2D eigenvalue weighted by atomic mass is 9.99. The molecule has 118 valence electrons. The number of hydrogen-bond acceptors (Lipinski definition) is 2. The molecule has 1 atom stereocenters. The van der Waals surface area contributed by atoms with E-state index < -0.39 is 0 Å². The van der Waals surface area contributed by atoms with Gasteiger partial charge in [-0.25, -0.2) is 0 Å². The van der Waals surface area contributed by atoms with Crippen LogP contribution in [0.15, 0.2) is 24.3 Å². The van der Waals surface area contributed by atoms with Gasteiger partial charge >= 0.3 is 0 Å². The highest BCUT2D eigenvalue weighted by molar-refractivity contribution is 6.05. The van der Waals surface area contributed by atoms with Crippen LogP contribution < -0.4 is 4.90 Å². The molecule has 2 aliphatic heterocycles. The molecule has 22 heavy (non-hydrogen) atoms. The van der Waals surface area contributed by atoms with Crippen molar-refractivity contribution >= 4 is 17.5 Å². The van der Waals surface area contributed by atoms with Gasteiger partial charge in [-0.15, -0.1) is 0 Å². The van der Waals surface area contributed by atoms with E-state index in [2.05, 4.69) is 13.0 Å². The minimum atomic E-state index is -0.0598. The van der Waals surface area contributed by atoms with Crippen LogP contribution in [0.5, 0.6) is 0 Å². The van der Waals surface area contributed by atoms with Gasteiger partial charge in [0.2, 0.25) is 11.8 Å². The SMILES string of the molecule is CC1CCCN(C(=O)CC(=O)N2CCCc3ccccc32)C1. The van der Waals surface area contributed by atoms with Crippen molar-refractivity contribution in [3.63, 3.8) is 0 Å². The Labute approximate surface area is 132 Å². The molecule has 0 aliphatic carbocycles. The van der Waals surface area contributed by atoms with Crippen LogP contribution in [-0.4, -0.2) is 36.3 Å². The van der Waals surface area contributed by atoms with Crippen molar-refractivity contribution in [2.75, 3.05) is 24.5 Å². The van der Waals surface area contributed by atoms with Crippen LogP contribution in [-0.2, 0) is 16.0 Å². The summed E-state index contributed by atoms with van der Waals surface area (Å²) in [4.78, 5) is 28.6. The first-order valence-electron chi connectivity index (χ1n) is 8.31. The van der Waals surface area contributed by atoms with Crippen LogP contribution >= 0.6 is 0 Å². The van der Waals surface area contributed by atoms with Crippen molar-refractivity contribution < 1.29 is 9.59 Å². The second kappa shape index (κ2) is 6.51. The molecule has 1 saturated heterocycles. The molecule has 0 spiro atoms. The quantitative estimate of drug-likeness (QED) is 0.788. The van der Waals surface area contributed by atoms with Gasteiger partial charge in [0.15, 0.2) is 0 Å². The number of rotatable bonds is 2. The Balaban J connectivity index is 1.66. The molecule has 0 saturated carbocycles. The second-order valence-corrected chi connectivity index (χ2v) is 6.54. The van der Waals surface area contributed by atoms with Crippen molar-refractivity contribution in [1.82, 2.24) is 4.90 Å². The Morgan fingerprint density at radius 2 is 1.95 bits per heavy atom. The topological polar surface area (TPSA) is 40.6 Å². The van der Waals surface area contributed by atoms with Crippen LogP contribution in [0.4, 0.5) is 5.69 Å². The Hall–Kier alpha value is -1.84. The van der Waals surface area contributed by atoms with E-state index in [0.717, 1.165) is 44.6 Å². The summed E-state index contributed by atoms with van der Waals surface area (Å²) in [5.74, 6) is 0.471. The number of carbonyl (C=O) groups excluding carboxylic acids is 2. The Morgan fingerprint density at radius 3 is 2.77 bits per heavy atom. The molecule has 2 aliphatic rings. The summed E-state index contributed by atoms with van der Waals surface area (Å²) in [6.07, 6.45) is 4.21. The number of piperidine rings is 1. The summed E-state index contributed by atoms with van der Waals surface area (Å²) in [5.41, 5.74) is 2.19. The van der Waals surface area contributed by atoms with Crippen molar-refractivity contribution in [3.8, 4) is 0 Å². The van der Waals surface area contributed by atoms with Crippen molar-refractivity contribution in [2.45, 2.75) is 39.0 Å². The van der Waals surface area contributed by atoms with Gasteiger partial charge in [0, 0.05) is 25.3 Å². The van der Waals surface area contributed by atoms with E-state index in [-0.39, 0.29) is 18.2 Å². The molecule has 0 bridgehead atoms. The molecule has 2 amide bonds. The third-order valence-electron chi connectivity index (χ3n) is 4.72. The number of carbonyl (C=O) groups is 2. The fourth-order valence-electron chi connectivity index (χ4n) is 3.55. The lowest BCUT2D eigenvalue weighted by Gasteiger charge is -2.33. The normalized spacial score (nSPS) is 21.4. The molecule has 1 unspecified atom stereocenters. The molecule has 0 N–H and O–H groups in total. The minimum absolute atomic E-state index is 0.00105. The third-order valence-corrected chi connectivity index (χ3v) is 4.72. The van der Waals surface area contributed by atoms with Crippen LogP contribution in [0.3, 0.4) is 0 Å². The van der Waals surface area contributed by atoms with Gasteiger partial charge in [-0.2, -0.15) is 0 Å². The summed E-state index contributed by atoms with van der Waals surface area (Å²) >= 11 is 0. The molecule has 1 aromatic rings. The first-order valence-corrected chi connectivity index (χ1v) is 8.31. The van der Waals surface area contributed by atoms with Gasteiger partial charge in [-0.1, -0.05) is 25.1 Å². The first kappa shape index (κ1) is 15.1. The zero-order valence-corrected chi connectivity index (χ0v) is 13.3. The van der Waals surface area contributed by atoms with Crippen molar-refractivity contribution in [2.24, 2.45) is 5.92 Å². The van der Waals surface area contributed by atoms with Gasteiger partial charge in [-0.3, -0.25) is 9.59 Å². The summed E-state index contributed by atoms with van der Waals surface area (Å²) in [6, 6.07) is 8.02. The average molecular weight is 300 g/mol. The average Bonchev–Trinajstić information content (AvgIpc) is 2.54. The third kappa shape index (κ3) is 3.16. The number of hydrogen-bond donors (Lipinski definition) is 0. The summed E-state index contributed by atoms with van der Waals surface area (Å²) < 4.78 is 0. The Bertz CT molecular complexity index is 570. The van der Waals surface area contributed by atoms with E-state index in [1.807, 2.05) is 23.1 Å². The highest BCUT2D eigenvalue weighted by Gasteiger charge is 2.27. The van der Waals surface area contributed by atoms with Gasteiger partial charge in [0.1, 0.15) is 6.42 Å². The Morgan fingerprint density at radius 1 is 1.14 bits per heavy atom. The van der Waals surface area contributed by atoms with E-state index in [1.165, 1.54) is 12.0 Å². The molecule has 0 aromatic heterocycles.